The summed E-state index contributed by atoms with van der Waals surface area (Å²) < 4.78 is 0. The first kappa shape index (κ1) is 17.1. The van der Waals surface area contributed by atoms with Crippen LogP contribution in [0.3, 0.4) is 0 Å². The highest BCUT2D eigenvalue weighted by Gasteiger charge is 2.28. The zero-order chi connectivity index (χ0) is 12.1. The molecule has 5 heteroatoms. The van der Waals surface area contributed by atoms with Crippen LogP contribution in [0.25, 0.3) is 0 Å². The molecule has 0 aliphatic carbocycles. The summed E-state index contributed by atoms with van der Waals surface area (Å²) in [7, 11) is 0. The average Bonchev–Trinajstić information content (AvgIpc) is 2.36. The zero-order valence-corrected chi connectivity index (χ0v) is 12.6. The van der Waals surface area contributed by atoms with Gasteiger partial charge in [-0.1, -0.05) is 27.2 Å². The first-order valence-corrected chi connectivity index (χ1v) is 7.30. The van der Waals surface area contributed by atoms with E-state index in [9.17, 15) is 4.79 Å². The van der Waals surface area contributed by atoms with Gasteiger partial charge >= 0.3 is 0 Å². The van der Waals surface area contributed by atoms with E-state index in [1.54, 1.807) is 0 Å². The van der Waals surface area contributed by atoms with E-state index in [1.807, 2.05) is 16.7 Å². The molecule has 2 N–H and O–H groups in total. The summed E-state index contributed by atoms with van der Waals surface area (Å²) in [6.45, 7) is 8.06. The minimum absolute atomic E-state index is 0. The second-order valence-electron chi connectivity index (χ2n) is 4.60. The number of carbonyl (C=O) groups excluding carboxylic acids is 1. The molecule has 0 saturated carbocycles. The number of halogens is 1. The van der Waals surface area contributed by atoms with E-state index >= 15 is 0 Å². The summed E-state index contributed by atoms with van der Waals surface area (Å²) in [6, 6.07) is -0.314. The highest BCUT2D eigenvalue weighted by Crippen LogP contribution is 2.22. The third-order valence-electron chi connectivity index (χ3n) is 3.45. The molecule has 102 valence electrons. The largest absolute Gasteiger partial charge is 0.339 e. The third-order valence-corrected chi connectivity index (χ3v) is 4.82. The molecule has 1 saturated heterocycles. The SMILES string of the molecule is CCC1CN(C(=O)C(N)C(C)CC)CCS1.Cl. The smallest absolute Gasteiger partial charge is 0.239 e. The van der Waals surface area contributed by atoms with E-state index in [4.69, 9.17) is 5.73 Å². The van der Waals surface area contributed by atoms with Gasteiger partial charge in [-0.2, -0.15) is 11.8 Å². The lowest BCUT2D eigenvalue weighted by Crippen LogP contribution is -2.51. The number of carbonyl (C=O) groups is 1. The maximum Gasteiger partial charge on any atom is 0.239 e. The van der Waals surface area contributed by atoms with E-state index < -0.39 is 0 Å². The van der Waals surface area contributed by atoms with Gasteiger partial charge in [0.25, 0.3) is 0 Å². The average molecular weight is 281 g/mol. The second-order valence-corrected chi connectivity index (χ2v) is 6.00. The lowest BCUT2D eigenvalue weighted by atomic mass is 9.99. The van der Waals surface area contributed by atoms with Crippen molar-refractivity contribution in [1.82, 2.24) is 4.90 Å². The van der Waals surface area contributed by atoms with Crippen molar-refractivity contribution < 1.29 is 4.79 Å². The van der Waals surface area contributed by atoms with E-state index in [1.165, 1.54) is 0 Å². The van der Waals surface area contributed by atoms with E-state index in [0.29, 0.717) is 5.25 Å². The van der Waals surface area contributed by atoms with Crippen molar-refractivity contribution in [3.63, 3.8) is 0 Å². The van der Waals surface area contributed by atoms with E-state index in [2.05, 4.69) is 20.8 Å². The van der Waals surface area contributed by atoms with Crippen molar-refractivity contribution in [3.05, 3.63) is 0 Å². The van der Waals surface area contributed by atoms with Crippen molar-refractivity contribution in [1.29, 1.82) is 0 Å². The molecule has 3 nitrogen and oxygen atoms in total. The Bertz CT molecular complexity index is 241. The van der Waals surface area contributed by atoms with Crippen molar-refractivity contribution in [2.75, 3.05) is 18.8 Å². The van der Waals surface area contributed by atoms with Gasteiger partial charge in [0.15, 0.2) is 0 Å². The highest BCUT2D eigenvalue weighted by atomic mass is 35.5. The number of thioether (sulfide) groups is 1. The Morgan fingerprint density at radius 2 is 2.18 bits per heavy atom. The first-order chi connectivity index (χ1) is 7.60. The molecule has 0 aromatic heterocycles. The number of hydrogen-bond donors (Lipinski definition) is 1. The monoisotopic (exact) mass is 280 g/mol. The number of hydrogen-bond acceptors (Lipinski definition) is 3. The molecule has 1 aliphatic heterocycles. The minimum Gasteiger partial charge on any atom is -0.339 e. The van der Waals surface area contributed by atoms with Crippen LogP contribution in [0.5, 0.6) is 0 Å². The topological polar surface area (TPSA) is 46.3 Å². The molecule has 17 heavy (non-hydrogen) atoms. The summed E-state index contributed by atoms with van der Waals surface area (Å²) in [5.41, 5.74) is 5.99. The Labute approximate surface area is 115 Å². The van der Waals surface area contributed by atoms with Crippen LogP contribution in [0.2, 0.25) is 0 Å². The summed E-state index contributed by atoms with van der Waals surface area (Å²) in [5.74, 6) is 1.48. The highest BCUT2D eigenvalue weighted by molar-refractivity contribution is 8.00. The number of nitrogens with zero attached hydrogens (tertiary/aromatic N) is 1. The number of rotatable bonds is 4. The molecule has 1 fully saturated rings. The van der Waals surface area contributed by atoms with E-state index in [0.717, 1.165) is 31.7 Å². The van der Waals surface area contributed by atoms with Crippen molar-refractivity contribution in [2.45, 2.75) is 44.9 Å². The molecule has 0 radical (unpaired) electrons. The molecule has 3 unspecified atom stereocenters. The number of amides is 1. The van der Waals surface area contributed by atoms with Gasteiger partial charge in [-0.25, -0.2) is 0 Å². The van der Waals surface area contributed by atoms with Crippen LogP contribution in [0.15, 0.2) is 0 Å². The summed E-state index contributed by atoms with van der Waals surface area (Å²) in [4.78, 5) is 14.1. The molecule has 1 aliphatic rings. The Hall–Kier alpha value is 0.0700. The Morgan fingerprint density at radius 1 is 1.53 bits per heavy atom. The molecular formula is C12H25ClN2OS. The fourth-order valence-electron chi connectivity index (χ4n) is 1.87. The minimum atomic E-state index is -0.314. The van der Waals surface area contributed by atoms with Crippen LogP contribution in [-0.2, 0) is 4.79 Å². The predicted molar refractivity (Wildman–Crippen MR) is 77.8 cm³/mol. The van der Waals surface area contributed by atoms with Crippen LogP contribution in [0, 0.1) is 5.92 Å². The molecule has 1 rings (SSSR count). The molecule has 0 aromatic carbocycles. The van der Waals surface area contributed by atoms with Gasteiger partial charge in [0.05, 0.1) is 6.04 Å². The van der Waals surface area contributed by atoms with Crippen molar-refractivity contribution in [2.24, 2.45) is 11.7 Å². The fraction of sp³-hybridized carbons (Fsp3) is 0.917. The van der Waals surface area contributed by atoms with E-state index in [-0.39, 0.29) is 30.3 Å². The summed E-state index contributed by atoms with van der Waals surface area (Å²) in [6.07, 6.45) is 2.10. The van der Waals surface area contributed by atoms with Gasteiger partial charge in [-0.3, -0.25) is 4.79 Å². The molecule has 1 heterocycles. The Morgan fingerprint density at radius 3 is 2.71 bits per heavy atom. The molecule has 0 aromatic rings. The van der Waals surface area contributed by atoms with Crippen molar-refractivity contribution >= 4 is 30.1 Å². The zero-order valence-electron chi connectivity index (χ0n) is 11.0. The maximum absolute atomic E-state index is 12.2. The quantitative estimate of drug-likeness (QED) is 0.858. The van der Waals surface area contributed by atoms with Crippen LogP contribution >= 0.6 is 24.2 Å². The molecule has 1 amide bonds. The van der Waals surface area contributed by atoms with Gasteiger partial charge in [-0.05, 0) is 12.3 Å². The Kier molecular flexibility index (Phi) is 8.25. The van der Waals surface area contributed by atoms with Gasteiger partial charge in [-0.15, -0.1) is 12.4 Å². The van der Waals surface area contributed by atoms with Crippen LogP contribution < -0.4 is 5.73 Å². The molecule has 3 atom stereocenters. The van der Waals surface area contributed by atoms with Crippen LogP contribution in [0.4, 0.5) is 0 Å². The standard InChI is InChI=1S/C12H24N2OS.ClH/c1-4-9(3)11(13)12(15)14-6-7-16-10(5-2)8-14;/h9-11H,4-8,13H2,1-3H3;1H. The van der Waals surface area contributed by atoms with Crippen molar-refractivity contribution in [3.8, 4) is 0 Å². The first-order valence-electron chi connectivity index (χ1n) is 6.26. The Balaban J connectivity index is 0.00000256. The van der Waals surface area contributed by atoms with Gasteiger partial charge in [0.2, 0.25) is 5.91 Å². The molecular weight excluding hydrogens is 256 g/mol. The van der Waals surface area contributed by atoms with Gasteiger partial charge in [0.1, 0.15) is 0 Å². The fourth-order valence-corrected chi connectivity index (χ4v) is 3.05. The normalized spacial score (nSPS) is 23.8. The number of nitrogens with two attached hydrogens (primary N) is 1. The summed E-state index contributed by atoms with van der Waals surface area (Å²) in [5, 5.41) is 0.599. The molecule has 0 spiro atoms. The van der Waals surface area contributed by atoms with Gasteiger partial charge in [0, 0.05) is 24.1 Å². The lowest BCUT2D eigenvalue weighted by molar-refractivity contribution is -0.133. The lowest BCUT2D eigenvalue weighted by Gasteiger charge is -2.34. The van der Waals surface area contributed by atoms with Gasteiger partial charge < -0.3 is 10.6 Å². The maximum atomic E-state index is 12.2. The summed E-state index contributed by atoms with van der Waals surface area (Å²) >= 11 is 1.98. The third kappa shape index (κ3) is 4.68. The molecule has 0 bridgehead atoms. The predicted octanol–water partition coefficient (Wildman–Crippen LogP) is 2.14. The second kappa shape index (κ2) is 8.22. The van der Waals surface area contributed by atoms with Crippen LogP contribution in [-0.4, -0.2) is 40.9 Å². The van der Waals surface area contributed by atoms with Crippen LogP contribution in [0.1, 0.15) is 33.6 Å².